The number of nitrogens with zero attached hydrogens (tertiary/aromatic N) is 2. The van der Waals surface area contributed by atoms with Crippen molar-refractivity contribution in [2.24, 2.45) is 0 Å². The number of aliphatic hydroxyl groups excluding tert-OH is 4. The van der Waals surface area contributed by atoms with Gasteiger partial charge < -0.3 is 29.9 Å². The van der Waals surface area contributed by atoms with Crippen LogP contribution in [0.4, 0.5) is 0 Å². The van der Waals surface area contributed by atoms with Crippen LogP contribution < -0.4 is 4.74 Å². The first-order valence-corrected chi connectivity index (χ1v) is 13.5. The Morgan fingerprint density at radius 1 is 0.737 bits per heavy atom. The summed E-state index contributed by atoms with van der Waals surface area (Å²) >= 11 is 0. The van der Waals surface area contributed by atoms with Gasteiger partial charge >= 0.3 is 0 Å². The third-order valence-electron chi connectivity index (χ3n) is 6.87. The predicted molar refractivity (Wildman–Crippen MR) is 151 cm³/mol. The molecule has 8 heteroatoms. The van der Waals surface area contributed by atoms with Gasteiger partial charge in [-0.15, -0.1) is 0 Å². The van der Waals surface area contributed by atoms with Crippen molar-refractivity contribution in [1.82, 2.24) is 9.80 Å². The molecular weight excluding hydrogens is 484 g/mol. The molecule has 2 unspecified atom stereocenters. The average Bonchev–Trinajstić information content (AvgIpc) is 2.88. The van der Waals surface area contributed by atoms with Crippen molar-refractivity contribution in [2.45, 2.75) is 44.8 Å². The van der Waals surface area contributed by atoms with Crippen molar-refractivity contribution < 1.29 is 29.9 Å². The second kappa shape index (κ2) is 16.8. The molecule has 0 spiro atoms. The monoisotopic (exact) mass is 532 g/mol. The highest BCUT2D eigenvalue weighted by atomic mass is 16.5. The van der Waals surface area contributed by atoms with Gasteiger partial charge in [0.05, 0.1) is 25.9 Å². The summed E-state index contributed by atoms with van der Waals surface area (Å²) < 4.78 is 10.9. The smallest absolute Gasteiger partial charge is 0.119 e. The molecule has 0 saturated carbocycles. The molecule has 0 aliphatic heterocycles. The molecule has 2 aromatic rings. The van der Waals surface area contributed by atoms with Crippen LogP contribution in [0.2, 0.25) is 0 Å². The Bertz CT molecular complexity index is 885. The maximum atomic E-state index is 10.7. The number of ether oxygens (including phenoxy) is 2. The van der Waals surface area contributed by atoms with Gasteiger partial charge in [0.1, 0.15) is 18.5 Å². The third-order valence-corrected chi connectivity index (χ3v) is 6.87. The third kappa shape index (κ3) is 11.0. The van der Waals surface area contributed by atoms with E-state index in [9.17, 15) is 20.4 Å². The van der Waals surface area contributed by atoms with E-state index in [1.165, 1.54) is 16.7 Å². The zero-order valence-electron chi connectivity index (χ0n) is 23.6. The summed E-state index contributed by atoms with van der Waals surface area (Å²) in [4.78, 5) is 3.99. The van der Waals surface area contributed by atoms with Crippen LogP contribution in [-0.2, 0) is 10.2 Å². The van der Waals surface area contributed by atoms with Gasteiger partial charge in [-0.1, -0.05) is 55.8 Å². The minimum absolute atomic E-state index is 0.0384. The van der Waals surface area contributed by atoms with Crippen LogP contribution in [0.1, 0.15) is 37.0 Å². The Morgan fingerprint density at radius 2 is 1.24 bits per heavy atom. The van der Waals surface area contributed by atoms with E-state index in [4.69, 9.17) is 9.47 Å². The van der Waals surface area contributed by atoms with Crippen LogP contribution in [0.25, 0.3) is 0 Å². The summed E-state index contributed by atoms with van der Waals surface area (Å²) in [6, 6.07) is 16.6. The Hall–Kier alpha value is -2.04. The molecule has 4 N–H and O–H groups in total. The molecule has 0 amide bonds. The number of hydrogen-bond acceptors (Lipinski definition) is 8. The van der Waals surface area contributed by atoms with E-state index in [0.717, 1.165) is 6.42 Å². The van der Waals surface area contributed by atoms with Gasteiger partial charge in [0.25, 0.3) is 0 Å². The molecule has 0 aliphatic rings. The van der Waals surface area contributed by atoms with E-state index in [2.05, 4.69) is 57.2 Å². The first kappa shape index (κ1) is 32.2. The second-order valence-electron chi connectivity index (χ2n) is 10.5. The largest absolute Gasteiger partial charge is 0.491 e. The molecule has 0 fully saturated rings. The van der Waals surface area contributed by atoms with E-state index in [1.54, 1.807) is 7.11 Å². The molecule has 0 saturated heterocycles. The molecule has 8 nitrogen and oxygen atoms in total. The number of aryl methyl sites for hydroxylation is 1. The fourth-order valence-electron chi connectivity index (χ4n) is 4.58. The fraction of sp³-hybridized carbons (Fsp3) is 0.600. The van der Waals surface area contributed by atoms with Gasteiger partial charge in [-0.05, 0) is 49.7 Å². The van der Waals surface area contributed by atoms with Gasteiger partial charge in [-0.25, -0.2) is 0 Å². The first-order chi connectivity index (χ1) is 18.2. The number of aliphatic hydroxyl groups is 4. The molecule has 38 heavy (non-hydrogen) atoms. The summed E-state index contributed by atoms with van der Waals surface area (Å²) in [6.07, 6.45) is -0.631. The second-order valence-corrected chi connectivity index (χ2v) is 10.5. The van der Waals surface area contributed by atoms with Crippen LogP contribution in [-0.4, -0.2) is 115 Å². The molecule has 0 aromatic heterocycles. The van der Waals surface area contributed by atoms with Crippen LogP contribution in [0.15, 0.2) is 48.5 Å². The highest BCUT2D eigenvalue weighted by Gasteiger charge is 2.23. The average molecular weight is 533 g/mol. The zero-order chi connectivity index (χ0) is 28.0. The normalized spacial score (nSPS) is 13.7. The topological polar surface area (TPSA) is 106 Å². The predicted octanol–water partition coefficient (Wildman–Crippen LogP) is 2.05. The molecule has 2 atom stereocenters. The van der Waals surface area contributed by atoms with Gasteiger partial charge in [0.2, 0.25) is 0 Å². The SMILES string of the molecule is COCC(O)CN(CCCN(CCO)CCO)CC(O)COc1ccc(C(C)(C)c2ccc(C)cc2)cc1. The molecule has 0 heterocycles. The van der Waals surface area contributed by atoms with Crippen molar-refractivity contribution in [3.05, 3.63) is 65.2 Å². The van der Waals surface area contributed by atoms with E-state index in [-0.39, 0.29) is 31.8 Å². The van der Waals surface area contributed by atoms with Crippen LogP contribution >= 0.6 is 0 Å². The summed E-state index contributed by atoms with van der Waals surface area (Å²) in [6.45, 7) is 10.0. The van der Waals surface area contributed by atoms with Crippen molar-refractivity contribution >= 4 is 0 Å². The summed E-state index contributed by atoms with van der Waals surface area (Å²) in [5.41, 5.74) is 3.53. The molecule has 0 bridgehead atoms. The van der Waals surface area contributed by atoms with Crippen molar-refractivity contribution in [3.8, 4) is 5.75 Å². The minimum atomic E-state index is -0.737. The summed E-state index contributed by atoms with van der Waals surface area (Å²) in [5, 5.41) is 39.4. The summed E-state index contributed by atoms with van der Waals surface area (Å²) in [7, 11) is 1.55. The number of rotatable bonds is 19. The van der Waals surface area contributed by atoms with Crippen molar-refractivity contribution in [2.75, 3.05) is 72.8 Å². The maximum absolute atomic E-state index is 10.7. The van der Waals surface area contributed by atoms with E-state index in [0.29, 0.717) is 45.0 Å². The van der Waals surface area contributed by atoms with Crippen molar-refractivity contribution in [1.29, 1.82) is 0 Å². The molecular formula is C30H48N2O6. The van der Waals surface area contributed by atoms with Gasteiger partial charge in [-0.3, -0.25) is 9.80 Å². The van der Waals surface area contributed by atoms with Crippen LogP contribution in [0.3, 0.4) is 0 Å². The van der Waals surface area contributed by atoms with E-state index >= 15 is 0 Å². The molecule has 0 aliphatic carbocycles. The number of methoxy groups -OCH3 is 1. The van der Waals surface area contributed by atoms with Crippen LogP contribution in [0.5, 0.6) is 5.75 Å². The van der Waals surface area contributed by atoms with E-state index < -0.39 is 12.2 Å². The minimum Gasteiger partial charge on any atom is -0.491 e. The fourth-order valence-corrected chi connectivity index (χ4v) is 4.58. The highest BCUT2D eigenvalue weighted by Crippen LogP contribution is 2.32. The lowest BCUT2D eigenvalue weighted by atomic mass is 9.78. The van der Waals surface area contributed by atoms with Gasteiger partial charge in [0.15, 0.2) is 0 Å². The van der Waals surface area contributed by atoms with Gasteiger partial charge in [0, 0.05) is 38.7 Å². The number of benzene rings is 2. The Labute approximate surface area is 228 Å². The standard InChI is InChI=1S/C30H48N2O6/c1-24-6-8-25(9-7-24)30(2,3)26-10-12-29(13-11-26)38-23-28(36)21-32(20-27(35)22-37-4)15-5-14-31(16-18-33)17-19-34/h6-13,27-28,33-36H,5,14-23H2,1-4H3. The van der Waals surface area contributed by atoms with E-state index in [1.807, 2.05) is 21.9 Å². The Kier molecular flexibility index (Phi) is 14.2. The van der Waals surface area contributed by atoms with Gasteiger partial charge in [-0.2, -0.15) is 0 Å². The Balaban J connectivity index is 1.91. The maximum Gasteiger partial charge on any atom is 0.119 e. The zero-order valence-corrected chi connectivity index (χ0v) is 23.6. The first-order valence-electron chi connectivity index (χ1n) is 13.5. The molecule has 2 rings (SSSR count). The lowest BCUT2D eigenvalue weighted by Crippen LogP contribution is -2.42. The highest BCUT2D eigenvalue weighted by molar-refractivity contribution is 5.40. The molecule has 214 valence electrons. The molecule has 0 radical (unpaired) electrons. The lowest BCUT2D eigenvalue weighted by Gasteiger charge is -2.28. The van der Waals surface area contributed by atoms with Crippen molar-refractivity contribution in [3.63, 3.8) is 0 Å². The molecule has 2 aromatic carbocycles. The number of hydrogen-bond donors (Lipinski definition) is 4. The quantitative estimate of drug-likeness (QED) is 0.218. The Morgan fingerprint density at radius 3 is 1.76 bits per heavy atom. The summed E-state index contributed by atoms with van der Waals surface area (Å²) in [5.74, 6) is 0.696. The van der Waals surface area contributed by atoms with Crippen LogP contribution in [0, 0.1) is 6.92 Å². The lowest BCUT2D eigenvalue weighted by molar-refractivity contribution is 0.0149.